The summed E-state index contributed by atoms with van der Waals surface area (Å²) in [6.07, 6.45) is 94.5. The quantitative estimate of drug-likeness (QED) is 0.0261. The highest BCUT2D eigenvalue weighted by Gasteiger charge is 2.19. The third-order valence-electron chi connectivity index (χ3n) is 14.8. The lowest BCUT2D eigenvalue weighted by Crippen LogP contribution is -2.30. The predicted octanol–water partition coefficient (Wildman–Crippen LogP) is 23.8. The zero-order chi connectivity index (χ0) is 58.5. The Kier molecular flexibility index (Phi) is 65.2. The highest BCUT2D eigenvalue weighted by Crippen LogP contribution is 2.17. The lowest BCUT2D eigenvalue weighted by Gasteiger charge is -2.18. The number of rotatable bonds is 62. The van der Waals surface area contributed by atoms with E-state index in [-0.39, 0.29) is 31.1 Å². The number of carbonyl (C=O) groups excluding carboxylic acids is 3. The van der Waals surface area contributed by atoms with Crippen molar-refractivity contribution < 1.29 is 28.6 Å². The van der Waals surface area contributed by atoms with Crippen molar-refractivity contribution in [2.24, 2.45) is 0 Å². The first-order valence-electron chi connectivity index (χ1n) is 34.4. The van der Waals surface area contributed by atoms with Crippen LogP contribution in [0, 0.1) is 0 Å². The van der Waals surface area contributed by atoms with E-state index >= 15 is 0 Å². The summed E-state index contributed by atoms with van der Waals surface area (Å²) in [7, 11) is 0. The molecule has 0 aromatic rings. The second-order valence-corrected chi connectivity index (χ2v) is 22.7. The molecule has 0 N–H and O–H groups in total. The van der Waals surface area contributed by atoms with Gasteiger partial charge in [0.1, 0.15) is 13.2 Å². The van der Waals surface area contributed by atoms with E-state index in [0.29, 0.717) is 19.3 Å². The fraction of sp³-hybridized carbons (Fsp3) is 0.720. The minimum absolute atomic E-state index is 0.0858. The predicted molar refractivity (Wildman–Crippen MR) is 353 cm³/mol. The molecule has 6 nitrogen and oxygen atoms in total. The van der Waals surface area contributed by atoms with Crippen molar-refractivity contribution in [2.75, 3.05) is 13.2 Å². The van der Waals surface area contributed by atoms with E-state index in [1.54, 1.807) is 0 Å². The first kappa shape index (κ1) is 77.1. The summed E-state index contributed by atoms with van der Waals surface area (Å²) in [6.45, 7) is 6.45. The van der Waals surface area contributed by atoms with Gasteiger partial charge in [-0.2, -0.15) is 0 Å². The van der Waals surface area contributed by atoms with Gasteiger partial charge in [0.2, 0.25) is 0 Å². The lowest BCUT2D eigenvalue weighted by atomic mass is 10.0. The lowest BCUT2D eigenvalue weighted by molar-refractivity contribution is -0.167. The number of hydrogen-bond donors (Lipinski definition) is 0. The van der Waals surface area contributed by atoms with Crippen LogP contribution in [0.3, 0.4) is 0 Å². The van der Waals surface area contributed by atoms with E-state index in [2.05, 4.69) is 130 Å². The molecular formula is C75H128O6. The van der Waals surface area contributed by atoms with E-state index in [1.807, 2.05) is 0 Å². The minimum atomic E-state index is -0.787. The molecule has 0 saturated carbocycles. The Morgan fingerprint density at radius 2 is 0.481 bits per heavy atom. The van der Waals surface area contributed by atoms with Crippen LogP contribution in [0.4, 0.5) is 0 Å². The number of hydrogen-bond acceptors (Lipinski definition) is 6. The van der Waals surface area contributed by atoms with Crippen LogP contribution < -0.4 is 0 Å². The zero-order valence-electron chi connectivity index (χ0n) is 53.3. The summed E-state index contributed by atoms with van der Waals surface area (Å²) >= 11 is 0. The van der Waals surface area contributed by atoms with Crippen LogP contribution in [0.1, 0.15) is 329 Å². The second-order valence-electron chi connectivity index (χ2n) is 22.7. The van der Waals surface area contributed by atoms with E-state index in [9.17, 15) is 14.4 Å². The maximum atomic E-state index is 12.9. The molecule has 0 radical (unpaired) electrons. The normalized spacial score (nSPS) is 12.8. The molecule has 464 valence electrons. The summed E-state index contributed by atoms with van der Waals surface area (Å²) < 4.78 is 16.8. The summed E-state index contributed by atoms with van der Waals surface area (Å²) in [5.74, 6) is -0.917. The number of carbonyl (C=O) groups is 3. The largest absolute Gasteiger partial charge is 0.462 e. The van der Waals surface area contributed by atoms with Gasteiger partial charge in [0.05, 0.1) is 0 Å². The Labute approximate surface area is 501 Å². The molecule has 0 saturated heterocycles. The number of esters is 3. The van der Waals surface area contributed by atoms with Crippen LogP contribution in [-0.4, -0.2) is 37.2 Å². The second kappa shape index (κ2) is 68.6. The SMILES string of the molecule is CC/C=C\C/C=C\C/C=C\C/C=C\C/C=C\C/C=C\C/C=C\C/C=C\CCCCCCC(=O)OCC(COC(=O)CCCCCCC)OC(=O)CCCCCCCCCCCCCCCCCCC/C=C\CCCCCCCCCC. The molecule has 0 heterocycles. The van der Waals surface area contributed by atoms with E-state index in [4.69, 9.17) is 14.2 Å². The highest BCUT2D eigenvalue weighted by atomic mass is 16.6. The Balaban J connectivity index is 4.06. The van der Waals surface area contributed by atoms with Crippen LogP contribution in [0.2, 0.25) is 0 Å². The van der Waals surface area contributed by atoms with Crippen molar-refractivity contribution in [1.29, 1.82) is 0 Å². The Morgan fingerprint density at radius 3 is 0.765 bits per heavy atom. The molecule has 1 atom stereocenters. The molecule has 0 bridgehead atoms. The Bertz CT molecular complexity index is 1620. The van der Waals surface area contributed by atoms with Gasteiger partial charge >= 0.3 is 17.9 Å². The smallest absolute Gasteiger partial charge is 0.306 e. The molecule has 0 spiro atoms. The maximum Gasteiger partial charge on any atom is 0.306 e. The van der Waals surface area contributed by atoms with Gasteiger partial charge in [0.25, 0.3) is 0 Å². The van der Waals surface area contributed by atoms with Gasteiger partial charge in [-0.15, -0.1) is 0 Å². The van der Waals surface area contributed by atoms with Crippen LogP contribution in [0.25, 0.3) is 0 Å². The standard InChI is InChI=1S/C75H128O6/c1-4-7-10-13-15-17-19-21-23-25-27-29-31-33-35-37-39-41-43-45-47-49-51-53-55-57-59-62-65-68-74(77)80-71-72(70-79-73(76)67-64-61-12-9-6-3)81-75(78)69-66-63-60-58-56-54-52-50-48-46-44-42-40-38-36-34-32-30-28-26-24-22-20-18-16-14-11-8-5-2/h7,10,15,17,21,23,26-29,33,35,39,41,45,47,51,53,72H,4-6,8-9,11-14,16,18-20,22,24-25,30-32,34,36-38,40,42-44,46,48-50,52,54-71H2,1-3H3/b10-7-,17-15-,23-21-,28-26-,29-27-,35-33-,41-39-,47-45-,53-51-. The van der Waals surface area contributed by atoms with Crippen LogP contribution >= 0.6 is 0 Å². The number of allylic oxidation sites excluding steroid dienone is 18. The van der Waals surface area contributed by atoms with Gasteiger partial charge in [-0.1, -0.05) is 310 Å². The van der Waals surface area contributed by atoms with Gasteiger partial charge in [-0.05, 0) is 109 Å². The molecule has 1 unspecified atom stereocenters. The molecule has 6 heteroatoms. The third kappa shape index (κ3) is 66.8. The number of unbranched alkanes of at least 4 members (excludes halogenated alkanes) is 33. The van der Waals surface area contributed by atoms with Crippen molar-refractivity contribution in [3.63, 3.8) is 0 Å². The molecule has 0 aliphatic carbocycles. The van der Waals surface area contributed by atoms with E-state index < -0.39 is 6.10 Å². The Hall–Kier alpha value is -3.93. The van der Waals surface area contributed by atoms with Crippen LogP contribution in [0.5, 0.6) is 0 Å². The van der Waals surface area contributed by atoms with Gasteiger partial charge in [0.15, 0.2) is 6.10 Å². The van der Waals surface area contributed by atoms with Crippen molar-refractivity contribution in [2.45, 2.75) is 335 Å². The minimum Gasteiger partial charge on any atom is -0.462 e. The molecular weight excluding hydrogens is 997 g/mol. The van der Waals surface area contributed by atoms with Gasteiger partial charge in [-0.25, -0.2) is 0 Å². The third-order valence-corrected chi connectivity index (χ3v) is 14.8. The molecule has 0 aliphatic heterocycles. The topological polar surface area (TPSA) is 78.9 Å². The molecule has 0 aromatic heterocycles. The molecule has 0 fully saturated rings. The molecule has 0 aliphatic rings. The van der Waals surface area contributed by atoms with Crippen LogP contribution in [0.15, 0.2) is 109 Å². The fourth-order valence-corrected chi connectivity index (χ4v) is 9.63. The summed E-state index contributed by atoms with van der Waals surface area (Å²) in [6, 6.07) is 0. The maximum absolute atomic E-state index is 12.9. The van der Waals surface area contributed by atoms with Crippen molar-refractivity contribution >= 4 is 17.9 Å². The summed E-state index contributed by atoms with van der Waals surface area (Å²) in [5.41, 5.74) is 0. The average Bonchev–Trinajstić information content (AvgIpc) is 3.47. The van der Waals surface area contributed by atoms with Gasteiger partial charge < -0.3 is 14.2 Å². The van der Waals surface area contributed by atoms with Gasteiger partial charge in [0, 0.05) is 19.3 Å². The fourth-order valence-electron chi connectivity index (χ4n) is 9.63. The van der Waals surface area contributed by atoms with E-state index in [1.165, 1.54) is 161 Å². The van der Waals surface area contributed by atoms with Crippen LogP contribution in [-0.2, 0) is 28.6 Å². The summed E-state index contributed by atoms with van der Waals surface area (Å²) in [5, 5.41) is 0. The Morgan fingerprint density at radius 1 is 0.259 bits per heavy atom. The van der Waals surface area contributed by atoms with E-state index in [0.717, 1.165) is 128 Å². The molecule has 0 amide bonds. The molecule has 0 rings (SSSR count). The first-order chi connectivity index (χ1) is 40.0. The molecule has 81 heavy (non-hydrogen) atoms. The van der Waals surface area contributed by atoms with Crippen molar-refractivity contribution in [3.8, 4) is 0 Å². The average molecular weight is 1130 g/mol. The first-order valence-corrected chi connectivity index (χ1v) is 34.4. The monoisotopic (exact) mass is 1120 g/mol. The van der Waals surface area contributed by atoms with Crippen molar-refractivity contribution in [3.05, 3.63) is 109 Å². The zero-order valence-corrected chi connectivity index (χ0v) is 53.3. The van der Waals surface area contributed by atoms with Gasteiger partial charge in [-0.3, -0.25) is 14.4 Å². The highest BCUT2D eigenvalue weighted by molar-refractivity contribution is 5.71. The number of ether oxygens (including phenoxy) is 3. The molecule has 0 aromatic carbocycles. The summed E-state index contributed by atoms with van der Waals surface area (Å²) in [4.78, 5) is 38.0. The van der Waals surface area contributed by atoms with Crippen molar-refractivity contribution in [1.82, 2.24) is 0 Å².